The van der Waals surface area contributed by atoms with Crippen molar-refractivity contribution >= 4 is 32.1 Å². The van der Waals surface area contributed by atoms with Crippen LogP contribution in [0.15, 0.2) is 53.6 Å². The molecule has 0 unspecified atom stereocenters. The van der Waals surface area contributed by atoms with Gasteiger partial charge in [-0.25, -0.2) is 8.42 Å². The molecule has 1 aromatic heterocycles. The van der Waals surface area contributed by atoms with Crippen molar-refractivity contribution < 1.29 is 13.5 Å². The lowest BCUT2D eigenvalue weighted by atomic mass is 10.1. The van der Waals surface area contributed by atoms with E-state index in [4.69, 9.17) is 0 Å². The van der Waals surface area contributed by atoms with Crippen LogP contribution in [-0.2, 0) is 9.84 Å². The van der Waals surface area contributed by atoms with Crippen molar-refractivity contribution in [3.05, 3.63) is 54.2 Å². The number of aromatic nitrogens is 1. The molecule has 3 rings (SSSR count). The summed E-state index contributed by atoms with van der Waals surface area (Å²) in [5.41, 5.74) is 2.90. The van der Waals surface area contributed by atoms with E-state index in [9.17, 15) is 13.5 Å². The number of aromatic hydroxyl groups is 1. The molecule has 0 fully saturated rings. The summed E-state index contributed by atoms with van der Waals surface area (Å²) in [6, 6.07) is 11.8. The van der Waals surface area contributed by atoms with Crippen LogP contribution in [0.2, 0.25) is 0 Å². The van der Waals surface area contributed by atoms with Gasteiger partial charge in [-0.2, -0.15) is 0 Å². The first-order valence-electron chi connectivity index (χ1n) is 7.01. The molecule has 23 heavy (non-hydrogen) atoms. The van der Waals surface area contributed by atoms with E-state index in [0.717, 1.165) is 16.9 Å². The van der Waals surface area contributed by atoms with Gasteiger partial charge in [0.25, 0.3) is 0 Å². The maximum Gasteiger partial charge on any atom is 0.175 e. The van der Waals surface area contributed by atoms with Crippen LogP contribution in [0.4, 0.5) is 11.4 Å². The molecule has 0 bridgehead atoms. The van der Waals surface area contributed by atoms with Gasteiger partial charge in [0, 0.05) is 34.8 Å². The largest absolute Gasteiger partial charge is 0.508 e. The molecule has 1 heterocycles. The van der Waals surface area contributed by atoms with Crippen LogP contribution in [0.1, 0.15) is 5.56 Å². The molecule has 0 radical (unpaired) electrons. The minimum Gasteiger partial charge on any atom is -0.508 e. The molecule has 2 aromatic carbocycles. The number of pyridine rings is 1. The highest BCUT2D eigenvalue weighted by atomic mass is 32.2. The number of anilines is 2. The van der Waals surface area contributed by atoms with E-state index in [0.29, 0.717) is 10.9 Å². The highest BCUT2D eigenvalue weighted by Gasteiger charge is 2.11. The number of rotatable bonds is 3. The Morgan fingerprint density at radius 2 is 1.87 bits per heavy atom. The summed E-state index contributed by atoms with van der Waals surface area (Å²) in [6.07, 6.45) is 2.83. The van der Waals surface area contributed by atoms with E-state index in [1.54, 1.807) is 42.6 Å². The Morgan fingerprint density at radius 1 is 1.09 bits per heavy atom. The first-order chi connectivity index (χ1) is 10.9. The zero-order chi connectivity index (χ0) is 16.6. The van der Waals surface area contributed by atoms with Crippen LogP contribution in [0.5, 0.6) is 5.75 Å². The lowest BCUT2D eigenvalue weighted by Crippen LogP contribution is -1.99. The van der Waals surface area contributed by atoms with Gasteiger partial charge in [0.1, 0.15) is 5.75 Å². The molecule has 6 heteroatoms. The fourth-order valence-electron chi connectivity index (χ4n) is 2.37. The summed E-state index contributed by atoms with van der Waals surface area (Å²) < 4.78 is 23.5. The van der Waals surface area contributed by atoms with E-state index in [1.165, 1.54) is 6.26 Å². The number of benzene rings is 2. The fourth-order valence-corrected chi connectivity index (χ4v) is 3.02. The van der Waals surface area contributed by atoms with Gasteiger partial charge in [-0.3, -0.25) is 4.98 Å². The van der Waals surface area contributed by atoms with E-state index in [2.05, 4.69) is 10.3 Å². The highest BCUT2D eigenvalue weighted by molar-refractivity contribution is 7.90. The molecule has 3 aromatic rings. The Labute approximate surface area is 134 Å². The number of phenolic OH excluding ortho intramolecular Hbond substituents is 1. The average Bonchev–Trinajstić information content (AvgIpc) is 2.51. The third kappa shape index (κ3) is 2.98. The maximum atomic E-state index is 11.8. The van der Waals surface area contributed by atoms with Gasteiger partial charge in [-0.1, -0.05) is 6.07 Å². The van der Waals surface area contributed by atoms with Crippen LogP contribution in [0, 0.1) is 6.92 Å². The standard InChI is InChI=1S/C17H16N2O3S/c1-11-14(4-3-5-17(11)20)19-16-8-9-18-15-7-6-12(10-13(15)16)23(2,21)22/h3-10,20H,1-2H3,(H,18,19). The van der Waals surface area contributed by atoms with Crippen molar-refractivity contribution in [1.82, 2.24) is 4.98 Å². The van der Waals surface area contributed by atoms with Gasteiger partial charge in [0.2, 0.25) is 0 Å². The zero-order valence-corrected chi connectivity index (χ0v) is 13.6. The van der Waals surface area contributed by atoms with Crippen LogP contribution >= 0.6 is 0 Å². The predicted octanol–water partition coefficient (Wildman–Crippen LogP) is 3.40. The molecule has 0 amide bonds. The smallest absolute Gasteiger partial charge is 0.175 e. The lowest BCUT2D eigenvalue weighted by molar-refractivity contribution is 0.471. The Bertz CT molecular complexity index is 998. The number of hydrogen-bond donors (Lipinski definition) is 2. The van der Waals surface area contributed by atoms with Crippen LogP contribution in [0.25, 0.3) is 10.9 Å². The number of sulfone groups is 1. The first-order valence-corrected chi connectivity index (χ1v) is 8.90. The number of phenols is 1. The summed E-state index contributed by atoms with van der Waals surface area (Å²) >= 11 is 0. The summed E-state index contributed by atoms with van der Waals surface area (Å²) in [5, 5.41) is 13.8. The molecule has 0 aliphatic heterocycles. The number of nitrogens with one attached hydrogen (secondary N) is 1. The molecule has 2 N–H and O–H groups in total. The first kappa shape index (κ1) is 15.3. The average molecular weight is 328 g/mol. The Morgan fingerprint density at radius 3 is 2.61 bits per heavy atom. The third-order valence-electron chi connectivity index (χ3n) is 3.72. The normalized spacial score (nSPS) is 11.6. The summed E-state index contributed by atoms with van der Waals surface area (Å²) in [6.45, 7) is 1.81. The number of hydrogen-bond acceptors (Lipinski definition) is 5. The van der Waals surface area contributed by atoms with Gasteiger partial charge in [-0.05, 0) is 43.3 Å². The van der Waals surface area contributed by atoms with E-state index >= 15 is 0 Å². The molecule has 0 saturated heterocycles. The molecule has 0 saturated carbocycles. The van der Waals surface area contributed by atoms with Crippen molar-refractivity contribution in [2.75, 3.05) is 11.6 Å². The second-order valence-electron chi connectivity index (χ2n) is 5.38. The third-order valence-corrected chi connectivity index (χ3v) is 4.83. The second-order valence-corrected chi connectivity index (χ2v) is 7.40. The highest BCUT2D eigenvalue weighted by Crippen LogP contribution is 2.31. The molecule has 0 aliphatic carbocycles. The quantitative estimate of drug-likeness (QED) is 0.770. The molecule has 0 spiro atoms. The molecule has 0 atom stereocenters. The van der Waals surface area contributed by atoms with E-state index < -0.39 is 9.84 Å². The maximum absolute atomic E-state index is 11.8. The SMILES string of the molecule is Cc1c(O)cccc1Nc1ccnc2ccc(S(C)(=O)=O)cc12. The van der Waals surface area contributed by atoms with Gasteiger partial charge in [0.15, 0.2) is 9.84 Å². The Balaban J connectivity index is 2.15. The van der Waals surface area contributed by atoms with Crippen LogP contribution < -0.4 is 5.32 Å². The van der Waals surface area contributed by atoms with Crippen molar-refractivity contribution in [3.63, 3.8) is 0 Å². The Kier molecular flexibility index (Phi) is 3.69. The number of nitrogens with zero attached hydrogens (tertiary/aromatic N) is 1. The van der Waals surface area contributed by atoms with Gasteiger partial charge in [0.05, 0.1) is 10.4 Å². The second kappa shape index (κ2) is 5.55. The van der Waals surface area contributed by atoms with Gasteiger partial charge in [-0.15, -0.1) is 0 Å². The zero-order valence-electron chi connectivity index (χ0n) is 12.7. The van der Waals surface area contributed by atoms with E-state index in [-0.39, 0.29) is 10.6 Å². The van der Waals surface area contributed by atoms with Gasteiger partial charge >= 0.3 is 0 Å². The molecule has 0 aliphatic rings. The number of fused-ring (bicyclic) bond motifs is 1. The van der Waals surface area contributed by atoms with Crippen molar-refractivity contribution in [2.24, 2.45) is 0 Å². The lowest BCUT2D eigenvalue weighted by Gasteiger charge is -2.13. The Hall–Kier alpha value is -2.60. The van der Waals surface area contributed by atoms with Crippen molar-refractivity contribution in [2.45, 2.75) is 11.8 Å². The van der Waals surface area contributed by atoms with Crippen LogP contribution in [0.3, 0.4) is 0 Å². The van der Waals surface area contributed by atoms with Crippen molar-refractivity contribution in [1.29, 1.82) is 0 Å². The minimum absolute atomic E-state index is 0.199. The van der Waals surface area contributed by atoms with Crippen LogP contribution in [-0.4, -0.2) is 24.8 Å². The predicted molar refractivity (Wildman–Crippen MR) is 91.0 cm³/mol. The van der Waals surface area contributed by atoms with E-state index in [1.807, 2.05) is 13.0 Å². The summed E-state index contributed by atoms with van der Waals surface area (Å²) in [4.78, 5) is 4.51. The summed E-state index contributed by atoms with van der Waals surface area (Å²) in [7, 11) is -3.29. The fraction of sp³-hybridized carbons (Fsp3) is 0.118. The molecular formula is C17H16N2O3S. The molecule has 5 nitrogen and oxygen atoms in total. The molecule has 118 valence electrons. The molecular weight excluding hydrogens is 312 g/mol. The van der Waals surface area contributed by atoms with Crippen molar-refractivity contribution in [3.8, 4) is 5.75 Å². The monoisotopic (exact) mass is 328 g/mol. The minimum atomic E-state index is -3.29. The summed E-state index contributed by atoms with van der Waals surface area (Å²) in [5.74, 6) is 0.199. The topological polar surface area (TPSA) is 79.3 Å². The van der Waals surface area contributed by atoms with Gasteiger partial charge < -0.3 is 10.4 Å².